The third-order valence-corrected chi connectivity index (χ3v) is 10.6. The number of aryl methyl sites for hydroxylation is 1. The van der Waals surface area contributed by atoms with Crippen molar-refractivity contribution < 1.29 is 8.42 Å². The van der Waals surface area contributed by atoms with Gasteiger partial charge in [0.05, 0.1) is 17.1 Å². The number of halogens is 1. The van der Waals surface area contributed by atoms with Crippen LogP contribution in [-0.2, 0) is 16.3 Å². The molecular formula is C27H36ClN5O2S2. The molecule has 7 nitrogen and oxygen atoms in total. The first-order chi connectivity index (χ1) is 17.6. The number of aromatic nitrogens is 2. The molecule has 10 heteroatoms. The molecule has 0 bridgehead atoms. The first-order valence-electron chi connectivity index (χ1n) is 12.8. The van der Waals surface area contributed by atoms with Crippen molar-refractivity contribution in [3.05, 3.63) is 51.5 Å². The summed E-state index contributed by atoms with van der Waals surface area (Å²) in [7, 11) is -3.44. The Morgan fingerprint density at radius 2 is 1.86 bits per heavy atom. The lowest BCUT2D eigenvalue weighted by molar-refractivity contribution is 0.459. The van der Waals surface area contributed by atoms with Gasteiger partial charge in [-0.05, 0) is 99.2 Å². The van der Waals surface area contributed by atoms with Gasteiger partial charge < -0.3 is 16.0 Å². The zero-order valence-electron chi connectivity index (χ0n) is 22.1. The number of sulfone groups is 1. The molecular weight excluding hydrogens is 526 g/mol. The topological polar surface area (TPSA) is 96.0 Å². The number of piperidine rings is 1. The Morgan fingerprint density at radius 3 is 2.54 bits per heavy atom. The molecule has 3 N–H and O–H groups in total. The summed E-state index contributed by atoms with van der Waals surface area (Å²) in [6.45, 7) is 12.1. The minimum Gasteiger partial charge on any atom is -0.337 e. The van der Waals surface area contributed by atoms with Crippen LogP contribution >= 0.6 is 22.9 Å². The van der Waals surface area contributed by atoms with Crippen LogP contribution in [0.4, 0.5) is 23.1 Å². The summed E-state index contributed by atoms with van der Waals surface area (Å²) in [6, 6.07) is 6.29. The molecule has 2 aromatic heterocycles. The number of nitrogens with zero attached hydrogens (tertiary/aromatic N) is 2. The highest BCUT2D eigenvalue weighted by atomic mass is 35.5. The number of hydrogen-bond donors (Lipinski definition) is 3. The number of rotatable bonds is 9. The van der Waals surface area contributed by atoms with E-state index in [1.54, 1.807) is 25.3 Å². The summed E-state index contributed by atoms with van der Waals surface area (Å²) in [4.78, 5) is 9.02. The number of anilines is 4. The van der Waals surface area contributed by atoms with E-state index in [0.717, 1.165) is 38.0 Å². The predicted molar refractivity (Wildman–Crippen MR) is 155 cm³/mol. The van der Waals surface area contributed by atoms with Gasteiger partial charge in [-0.3, -0.25) is 0 Å². The van der Waals surface area contributed by atoms with Gasteiger partial charge in [0, 0.05) is 5.69 Å². The summed E-state index contributed by atoms with van der Waals surface area (Å²) in [6.07, 6.45) is 4.77. The van der Waals surface area contributed by atoms with Gasteiger partial charge in [0.25, 0.3) is 0 Å². The molecule has 1 aromatic carbocycles. The van der Waals surface area contributed by atoms with Gasteiger partial charge in [0.15, 0.2) is 15.7 Å². The van der Waals surface area contributed by atoms with E-state index in [0.29, 0.717) is 34.3 Å². The van der Waals surface area contributed by atoms with E-state index in [4.69, 9.17) is 11.6 Å². The molecule has 0 atom stereocenters. The van der Waals surface area contributed by atoms with Crippen LogP contribution in [0.2, 0.25) is 5.02 Å². The van der Waals surface area contributed by atoms with Gasteiger partial charge >= 0.3 is 0 Å². The molecule has 1 saturated heterocycles. The standard InChI is InChI=1S/C27H36ClN5O2S2/c1-16(2)12-20-14-21(19-6-9-29-10-7-19)18(5)13-24(20)32-27-30-15-22(28)25(33-27)31-23-8-11-36-26(23)37(34,35)17(3)4/h8,11,13-17,19,29H,6-7,9-10,12H2,1-5H3,(H2,30,31,32,33). The molecule has 0 saturated carbocycles. The van der Waals surface area contributed by atoms with Crippen LogP contribution < -0.4 is 16.0 Å². The summed E-state index contributed by atoms with van der Waals surface area (Å²) < 4.78 is 25.8. The van der Waals surface area contributed by atoms with Gasteiger partial charge in [0.2, 0.25) is 5.95 Å². The molecule has 0 unspecified atom stereocenters. The molecule has 0 radical (unpaired) electrons. The largest absolute Gasteiger partial charge is 0.337 e. The van der Waals surface area contributed by atoms with Crippen LogP contribution in [0, 0.1) is 12.8 Å². The first-order valence-corrected chi connectivity index (χ1v) is 15.6. The second kappa shape index (κ2) is 11.7. The van der Waals surface area contributed by atoms with E-state index in [-0.39, 0.29) is 4.21 Å². The molecule has 0 amide bonds. The minimum atomic E-state index is -3.44. The van der Waals surface area contributed by atoms with E-state index in [1.807, 2.05) is 0 Å². The Balaban J connectivity index is 1.64. The van der Waals surface area contributed by atoms with E-state index >= 15 is 0 Å². The molecule has 37 heavy (non-hydrogen) atoms. The number of benzene rings is 1. The third-order valence-electron chi connectivity index (χ3n) is 6.65. The van der Waals surface area contributed by atoms with Gasteiger partial charge in [-0.25, -0.2) is 13.4 Å². The summed E-state index contributed by atoms with van der Waals surface area (Å²) >= 11 is 7.59. The second-order valence-corrected chi connectivity index (χ2v) is 14.4. The van der Waals surface area contributed by atoms with E-state index in [2.05, 4.69) is 58.8 Å². The molecule has 0 spiro atoms. The normalized spacial score (nSPS) is 14.9. The third kappa shape index (κ3) is 6.45. The summed E-state index contributed by atoms with van der Waals surface area (Å²) in [5.41, 5.74) is 5.38. The molecule has 3 aromatic rings. The highest BCUT2D eigenvalue weighted by Gasteiger charge is 2.25. The Hall–Kier alpha value is -2.20. The molecule has 1 fully saturated rings. The van der Waals surface area contributed by atoms with Crippen molar-refractivity contribution in [3.63, 3.8) is 0 Å². The molecule has 1 aliphatic heterocycles. The van der Waals surface area contributed by atoms with Crippen LogP contribution in [0.3, 0.4) is 0 Å². The average molecular weight is 562 g/mol. The van der Waals surface area contributed by atoms with E-state index in [1.165, 1.54) is 34.2 Å². The lowest BCUT2D eigenvalue weighted by atomic mass is 9.85. The quantitative estimate of drug-likeness (QED) is 0.263. The average Bonchev–Trinajstić information content (AvgIpc) is 3.32. The highest BCUT2D eigenvalue weighted by Crippen LogP contribution is 2.36. The van der Waals surface area contributed by atoms with Crippen molar-refractivity contribution in [2.45, 2.75) is 69.3 Å². The zero-order chi connectivity index (χ0) is 26.7. The summed E-state index contributed by atoms with van der Waals surface area (Å²) in [5.74, 6) is 1.82. The number of nitrogens with one attached hydrogen (secondary N) is 3. The maximum atomic E-state index is 12.8. The van der Waals surface area contributed by atoms with Crippen LogP contribution in [0.15, 0.2) is 34.0 Å². The van der Waals surface area contributed by atoms with Gasteiger partial charge in [-0.2, -0.15) is 4.98 Å². The molecule has 0 aliphatic carbocycles. The smallest absolute Gasteiger partial charge is 0.229 e. The highest BCUT2D eigenvalue weighted by molar-refractivity contribution is 7.94. The Labute approximate surface area is 229 Å². The summed E-state index contributed by atoms with van der Waals surface area (Å²) in [5, 5.41) is 11.5. The van der Waals surface area contributed by atoms with E-state index in [9.17, 15) is 8.42 Å². The van der Waals surface area contributed by atoms with Crippen molar-refractivity contribution in [2.75, 3.05) is 23.7 Å². The Bertz CT molecular complexity index is 1350. The number of thiophene rings is 1. The van der Waals surface area contributed by atoms with Crippen molar-refractivity contribution in [3.8, 4) is 0 Å². The fourth-order valence-electron chi connectivity index (χ4n) is 4.66. The maximum absolute atomic E-state index is 12.8. The van der Waals surface area contributed by atoms with Crippen molar-refractivity contribution in [1.29, 1.82) is 0 Å². The van der Waals surface area contributed by atoms with Crippen LogP contribution in [0.25, 0.3) is 0 Å². The van der Waals surface area contributed by atoms with Crippen molar-refractivity contribution >= 4 is 55.9 Å². The monoisotopic (exact) mass is 561 g/mol. The zero-order valence-corrected chi connectivity index (χ0v) is 24.4. The Morgan fingerprint density at radius 1 is 1.14 bits per heavy atom. The van der Waals surface area contributed by atoms with Crippen LogP contribution in [0.5, 0.6) is 0 Å². The van der Waals surface area contributed by atoms with Crippen LogP contribution in [0.1, 0.15) is 63.1 Å². The van der Waals surface area contributed by atoms with Crippen molar-refractivity contribution in [2.24, 2.45) is 5.92 Å². The molecule has 4 rings (SSSR count). The molecule has 200 valence electrons. The number of hydrogen-bond acceptors (Lipinski definition) is 8. The SMILES string of the molecule is Cc1cc(Nc2ncc(Cl)c(Nc3ccsc3S(=O)(=O)C(C)C)n2)c(CC(C)C)cc1C1CCNCC1. The Kier molecular flexibility index (Phi) is 8.78. The lowest BCUT2D eigenvalue weighted by Gasteiger charge is -2.26. The lowest BCUT2D eigenvalue weighted by Crippen LogP contribution is -2.27. The predicted octanol–water partition coefficient (Wildman–Crippen LogP) is 6.83. The van der Waals surface area contributed by atoms with Gasteiger partial charge in [-0.15, -0.1) is 11.3 Å². The molecule has 1 aliphatic rings. The molecule has 3 heterocycles. The maximum Gasteiger partial charge on any atom is 0.229 e. The fourth-order valence-corrected chi connectivity index (χ4v) is 7.50. The van der Waals surface area contributed by atoms with E-state index < -0.39 is 15.1 Å². The van der Waals surface area contributed by atoms with Crippen LogP contribution in [-0.4, -0.2) is 36.7 Å². The van der Waals surface area contributed by atoms with Gasteiger partial charge in [0.1, 0.15) is 9.23 Å². The fraction of sp³-hybridized carbons (Fsp3) is 0.481. The minimum absolute atomic E-state index is 0.273. The first kappa shape index (κ1) is 27.8. The van der Waals surface area contributed by atoms with Crippen molar-refractivity contribution in [1.82, 2.24) is 15.3 Å². The van der Waals surface area contributed by atoms with Gasteiger partial charge in [-0.1, -0.05) is 31.5 Å². The second-order valence-electron chi connectivity index (χ2n) is 10.3.